The minimum Gasteiger partial charge on any atom is -0.461 e. The zero-order chi connectivity index (χ0) is 32.8. The van der Waals surface area contributed by atoms with E-state index in [-0.39, 0.29) is 69.4 Å². The van der Waals surface area contributed by atoms with Gasteiger partial charge in [0.1, 0.15) is 35.6 Å². The molecule has 2 aromatic heterocycles. The van der Waals surface area contributed by atoms with E-state index in [1.807, 2.05) is 4.90 Å². The van der Waals surface area contributed by atoms with Crippen LogP contribution < -0.4 is 15.4 Å². The Kier molecular flexibility index (Phi) is 6.24. The Bertz CT molecular complexity index is 1990. The second-order valence-electron chi connectivity index (χ2n) is 12.6. The number of nitrogens with two attached hydrogens (primary N) is 1. The van der Waals surface area contributed by atoms with Crippen LogP contribution in [0.3, 0.4) is 0 Å². The largest absolute Gasteiger partial charge is 0.461 e. The summed E-state index contributed by atoms with van der Waals surface area (Å²) in [6.07, 6.45) is 9.84. The van der Waals surface area contributed by atoms with Gasteiger partial charge in [-0.1, -0.05) is 18.4 Å². The van der Waals surface area contributed by atoms with Gasteiger partial charge in [0.05, 0.1) is 30.6 Å². The van der Waals surface area contributed by atoms with Crippen molar-refractivity contribution in [2.24, 2.45) is 5.92 Å². The van der Waals surface area contributed by atoms with Gasteiger partial charge in [-0.05, 0) is 61.7 Å². The number of aromatic nitrogens is 3. The fraction of sp³-hybridized carbons (Fsp3) is 0.441. The molecule has 0 unspecified atom stereocenters. The summed E-state index contributed by atoms with van der Waals surface area (Å²) in [6.45, 7) is -1.11. The molecule has 0 amide bonds. The Balaban J connectivity index is 1.32. The minimum absolute atomic E-state index is 0.0246. The van der Waals surface area contributed by atoms with Crippen molar-refractivity contribution in [3.8, 4) is 29.6 Å². The molecular formula is C34H32ClF3N6O. The number of fused-ring (bicyclic) bond motifs is 4. The van der Waals surface area contributed by atoms with Crippen molar-refractivity contribution in [1.82, 2.24) is 19.9 Å². The molecule has 5 atom stereocenters. The highest BCUT2D eigenvalue weighted by molar-refractivity contribution is 6.24. The molecule has 2 aromatic carbocycles. The third-order valence-electron chi connectivity index (χ3n) is 9.92. The molecule has 2 N–H and O–H groups in total. The van der Waals surface area contributed by atoms with Gasteiger partial charge in [0, 0.05) is 42.3 Å². The minimum atomic E-state index is -2.39. The molecule has 232 valence electrons. The number of hydrogen-bond acceptors (Lipinski definition) is 7. The van der Waals surface area contributed by atoms with Gasteiger partial charge in [0.2, 0.25) is 0 Å². The lowest BCUT2D eigenvalue weighted by atomic mass is 9.95. The molecule has 45 heavy (non-hydrogen) atoms. The Morgan fingerprint density at radius 1 is 1.20 bits per heavy atom. The van der Waals surface area contributed by atoms with E-state index in [9.17, 15) is 8.78 Å². The summed E-state index contributed by atoms with van der Waals surface area (Å²) in [6, 6.07) is 5.44. The molecule has 1 aliphatic carbocycles. The van der Waals surface area contributed by atoms with Gasteiger partial charge in [-0.3, -0.25) is 9.88 Å². The summed E-state index contributed by atoms with van der Waals surface area (Å²) < 4.78 is 70.6. The number of nitrogens with zero attached hydrogens (tertiary/aromatic N) is 5. The first kappa shape index (κ1) is 26.4. The molecule has 11 heteroatoms. The quantitative estimate of drug-likeness (QED) is 0.158. The van der Waals surface area contributed by atoms with E-state index in [1.54, 1.807) is 11.0 Å². The first-order valence-corrected chi connectivity index (χ1v) is 15.8. The first-order chi connectivity index (χ1) is 22.5. The van der Waals surface area contributed by atoms with E-state index in [1.165, 1.54) is 24.4 Å². The number of nitrogen functional groups attached to an aromatic ring is 1. The third kappa shape index (κ3) is 4.58. The zero-order valence-corrected chi connectivity index (χ0v) is 25.1. The number of benzene rings is 2. The summed E-state index contributed by atoms with van der Waals surface area (Å²) in [7, 11) is 0. The van der Waals surface area contributed by atoms with Crippen molar-refractivity contribution in [3.63, 3.8) is 0 Å². The van der Waals surface area contributed by atoms with Crippen LogP contribution in [-0.4, -0.2) is 69.2 Å². The van der Waals surface area contributed by atoms with E-state index < -0.39 is 29.9 Å². The van der Waals surface area contributed by atoms with Crippen molar-refractivity contribution in [2.75, 3.05) is 36.8 Å². The van der Waals surface area contributed by atoms with Gasteiger partial charge in [-0.2, -0.15) is 9.97 Å². The van der Waals surface area contributed by atoms with E-state index >= 15 is 4.39 Å². The maximum absolute atomic E-state index is 17.0. The van der Waals surface area contributed by atoms with E-state index in [2.05, 4.69) is 20.9 Å². The van der Waals surface area contributed by atoms with Crippen molar-refractivity contribution in [3.05, 3.63) is 47.7 Å². The van der Waals surface area contributed by atoms with Crippen LogP contribution in [0.2, 0.25) is 0 Å². The predicted molar refractivity (Wildman–Crippen MR) is 169 cm³/mol. The molecule has 0 spiro atoms. The number of hydrogen-bond donors (Lipinski definition) is 1. The van der Waals surface area contributed by atoms with E-state index in [4.69, 9.17) is 31.2 Å². The highest BCUT2D eigenvalue weighted by Crippen LogP contribution is 2.49. The van der Waals surface area contributed by atoms with Gasteiger partial charge in [0.25, 0.3) is 0 Å². The van der Waals surface area contributed by atoms with Crippen molar-refractivity contribution in [1.29, 1.82) is 0 Å². The SMILES string of the molecule is [2H]C([2H])(Oc1nc(N2CCCC[C@@H]3[C@H](Cl)[C@@H]32)c2cnc(-c3cc(N)cc4ccc(F)c(C#C)c34)c(F)c2n1)[C@@]12CCCN1C[C@H](F)C2. The van der Waals surface area contributed by atoms with E-state index in [0.29, 0.717) is 42.8 Å². The van der Waals surface area contributed by atoms with Crippen molar-refractivity contribution < 1.29 is 20.6 Å². The molecule has 4 aliphatic rings. The molecule has 3 saturated heterocycles. The number of alkyl halides is 2. The maximum atomic E-state index is 17.0. The lowest BCUT2D eigenvalue weighted by Crippen LogP contribution is -2.43. The van der Waals surface area contributed by atoms with Gasteiger partial charge >= 0.3 is 6.01 Å². The molecular weight excluding hydrogens is 601 g/mol. The summed E-state index contributed by atoms with van der Waals surface area (Å²) in [5, 5.41) is 0.958. The highest BCUT2D eigenvalue weighted by Gasteiger charge is 2.54. The summed E-state index contributed by atoms with van der Waals surface area (Å²) in [5.74, 6) is 1.44. The maximum Gasteiger partial charge on any atom is 0.319 e. The Morgan fingerprint density at radius 3 is 2.91 bits per heavy atom. The smallest absolute Gasteiger partial charge is 0.319 e. The molecule has 8 rings (SSSR count). The van der Waals surface area contributed by atoms with Crippen LogP contribution in [-0.2, 0) is 0 Å². The predicted octanol–water partition coefficient (Wildman–Crippen LogP) is 6.24. The van der Waals surface area contributed by atoms with Gasteiger partial charge in [-0.15, -0.1) is 18.0 Å². The molecule has 0 bridgehead atoms. The van der Waals surface area contributed by atoms with Gasteiger partial charge in [0.15, 0.2) is 5.82 Å². The number of rotatable bonds is 5. The van der Waals surface area contributed by atoms with Gasteiger partial charge < -0.3 is 15.4 Å². The van der Waals surface area contributed by atoms with Crippen LogP contribution in [0.4, 0.5) is 24.7 Å². The van der Waals surface area contributed by atoms with Crippen LogP contribution in [0.15, 0.2) is 30.5 Å². The molecule has 4 aromatic rings. The topological polar surface area (TPSA) is 80.4 Å². The molecule has 0 radical (unpaired) electrons. The number of halogens is 4. The Hall–Kier alpha value is -3.81. The third-order valence-corrected chi connectivity index (χ3v) is 10.5. The molecule has 4 fully saturated rings. The Morgan fingerprint density at radius 2 is 2.07 bits per heavy atom. The molecule has 7 nitrogen and oxygen atoms in total. The van der Waals surface area contributed by atoms with Crippen LogP contribution >= 0.6 is 11.6 Å². The van der Waals surface area contributed by atoms with Crippen LogP contribution in [0.5, 0.6) is 6.01 Å². The lowest BCUT2D eigenvalue weighted by molar-refractivity contribution is 0.107. The second kappa shape index (κ2) is 10.6. The summed E-state index contributed by atoms with van der Waals surface area (Å²) >= 11 is 6.72. The molecule has 5 heterocycles. The van der Waals surface area contributed by atoms with Crippen molar-refractivity contribution in [2.45, 2.75) is 61.7 Å². The Labute approximate surface area is 266 Å². The number of terminal acetylenes is 1. The monoisotopic (exact) mass is 634 g/mol. The van der Waals surface area contributed by atoms with Crippen LogP contribution in [0.1, 0.15) is 46.8 Å². The zero-order valence-electron chi connectivity index (χ0n) is 26.4. The fourth-order valence-corrected chi connectivity index (χ4v) is 8.29. The van der Waals surface area contributed by atoms with Crippen LogP contribution in [0, 0.1) is 29.9 Å². The first-order valence-electron chi connectivity index (χ1n) is 16.4. The number of anilines is 2. The van der Waals surface area contributed by atoms with Crippen LogP contribution in [0.25, 0.3) is 32.9 Å². The van der Waals surface area contributed by atoms with Gasteiger partial charge in [-0.25, -0.2) is 13.2 Å². The molecule has 3 aliphatic heterocycles. The number of pyridine rings is 1. The summed E-state index contributed by atoms with van der Waals surface area (Å²) in [5.41, 5.74) is 5.09. The number of ether oxygens (including phenoxy) is 1. The van der Waals surface area contributed by atoms with E-state index in [0.717, 1.165) is 19.3 Å². The summed E-state index contributed by atoms with van der Waals surface area (Å²) in [4.78, 5) is 17.5. The lowest BCUT2D eigenvalue weighted by Gasteiger charge is -2.31. The fourth-order valence-electron chi connectivity index (χ4n) is 7.77. The van der Waals surface area contributed by atoms with Crippen molar-refractivity contribution >= 4 is 44.8 Å². The average molecular weight is 635 g/mol. The standard InChI is InChI=1S/C34H32ClF3N6O/c1-2-21-25(37)8-7-18-12-20(39)13-23(26(18)21)29-28(38)30-24(15-40-29)32(44-11-4-3-6-22-27(35)31(22)44)42-33(41-30)45-17-34-9-5-10-43(34)16-19(36)14-34/h1,7-8,12-13,15,19,22,27,31H,3-6,9-11,14,16-17,39H2/t19-,22-,27+,31-,34+/m1/s1/i17D2. The average Bonchev–Trinajstić information content (AvgIpc) is 3.39. The molecule has 1 saturated carbocycles. The normalized spacial score (nSPS) is 28.7. The highest BCUT2D eigenvalue weighted by atomic mass is 35.5. The second-order valence-corrected chi connectivity index (χ2v) is 13.1.